The number of hydrogen-bond acceptors (Lipinski definition) is 5. The molecule has 0 radical (unpaired) electrons. The molecule has 27 heavy (non-hydrogen) atoms. The second-order valence-corrected chi connectivity index (χ2v) is 5.42. The number of aliphatic carboxylic acids is 1. The lowest BCUT2D eigenvalue weighted by Crippen LogP contribution is -2.21. The van der Waals surface area contributed by atoms with Gasteiger partial charge in [-0.15, -0.1) is 0 Å². The summed E-state index contributed by atoms with van der Waals surface area (Å²) in [4.78, 5) is 24.6. The van der Waals surface area contributed by atoms with Gasteiger partial charge in [0.25, 0.3) is 0 Å². The molecule has 10 heteroatoms. The highest BCUT2D eigenvalue weighted by Gasteiger charge is 2.38. The van der Waals surface area contributed by atoms with Crippen molar-refractivity contribution in [1.82, 2.24) is 4.98 Å². The highest BCUT2D eigenvalue weighted by Crippen LogP contribution is 2.27. The molecule has 0 saturated carbocycles. The molecule has 2 aromatic heterocycles. The van der Waals surface area contributed by atoms with Gasteiger partial charge in [0.05, 0.1) is 17.1 Å². The number of hydrogen-bond donors (Lipinski definition) is 1. The molecule has 6 nitrogen and oxygen atoms in total. The van der Waals surface area contributed by atoms with Crippen LogP contribution in [0.1, 0.15) is 5.69 Å². The van der Waals surface area contributed by atoms with Crippen molar-refractivity contribution in [3.63, 3.8) is 0 Å². The van der Waals surface area contributed by atoms with E-state index in [1.165, 1.54) is 6.07 Å². The van der Waals surface area contributed by atoms with Gasteiger partial charge in [-0.25, -0.2) is 9.59 Å². The first-order chi connectivity index (χ1) is 12.7. The number of carboxylic acid groups (broad SMARTS) is 1. The monoisotopic (exact) mass is 401 g/mol. The van der Waals surface area contributed by atoms with Crippen molar-refractivity contribution >= 4 is 28.5 Å². The first kappa shape index (κ1) is 20.2. The fourth-order valence-electron chi connectivity index (χ4n) is 1.86. The van der Waals surface area contributed by atoms with Crippen molar-refractivity contribution in [3.8, 4) is 5.75 Å². The fourth-order valence-corrected chi connectivity index (χ4v) is 2.03. The number of rotatable bonds is 3. The van der Waals surface area contributed by atoms with E-state index in [0.29, 0.717) is 21.7 Å². The summed E-state index contributed by atoms with van der Waals surface area (Å²) >= 11 is 5.96. The maximum Gasteiger partial charge on any atom is 0.490 e. The third-order valence-electron chi connectivity index (χ3n) is 3.01. The number of nitrogens with zero attached hydrogens (tertiary/aromatic N) is 1. The normalized spacial score (nSPS) is 10.8. The topological polar surface area (TPSA) is 89.6 Å². The third-order valence-corrected chi connectivity index (χ3v) is 3.25. The van der Waals surface area contributed by atoms with Gasteiger partial charge >= 0.3 is 17.8 Å². The van der Waals surface area contributed by atoms with E-state index >= 15 is 0 Å². The predicted octanol–water partition coefficient (Wildman–Crippen LogP) is 4.05. The molecule has 0 saturated heterocycles. The van der Waals surface area contributed by atoms with E-state index in [4.69, 9.17) is 30.7 Å². The summed E-state index contributed by atoms with van der Waals surface area (Å²) in [6, 6.07) is 11.9. The van der Waals surface area contributed by atoms with Crippen molar-refractivity contribution in [1.29, 1.82) is 0 Å². The Morgan fingerprint density at radius 2 is 1.93 bits per heavy atom. The molecule has 0 unspecified atom stereocenters. The molecule has 142 valence electrons. The number of halogens is 4. The Hall–Kier alpha value is -3.07. The summed E-state index contributed by atoms with van der Waals surface area (Å²) in [6.45, 7) is 0.270. The van der Waals surface area contributed by atoms with Gasteiger partial charge in [-0.1, -0.05) is 17.7 Å². The maximum atomic E-state index is 11.5. The minimum atomic E-state index is -5.08. The smallest absolute Gasteiger partial charge is 0.486 e. The summed E-state index contributed by atoms with van der Waals surface area (Å²) in [5, 5.41) is 8.34. The number of carbonyl (C=O) groups is 1. The lowest BCUT2D eigenvalue weighted by atomic mass is 10.2. The molecule has 0 fully saturated rings. The molecule has 0 atom stereocenters. The van der Waals surface area contributed by atoms with Crippen LogP contribution in [0.15, 0.2) is 57.9 Å². The van der Waals surface area contributed by atoms with Crippen LogP contribution in [0.4, 0.5) is 13.2 Å². The first-order valence-corrected chi connectivity index (χ1v) is 7.61. The lowest BCUT2D eigenvalue weighted by molar-refractivity contribution is -0.192. The molecule has 3 rings (SSSR count). The fraction of sp³-hybridized carbons (Fsp3) is 0.118. The van der Waals surface area contributed by atoms with E-state index in [0.717, 1.165) is 5.69 Å². The molecule has 0 bridgehead atoms. The number of alkyl halides is 3. The van der Waals surface area contributed by atoms with Crippen molar-refractivity contribution in [2.75, 3.05) is 0 Å². The largest absolute Gasteiger partial charge is 0.490 e. The number of carboxylic acids is 1. The van der Waals surface area contributed by atoms with E-state index < -0.39 is 17.8 Å². The lowest BCUT2D eigenvalue weighted by Gasteiger charge is -2.08. The zero-order valence-electron chi connectivity index (χ0n) is 13.4. The van der Waals surface area contributed by atoms with E-state index in [9.17, 15) is 18.0 Å². The standard InChI is InChI=1S/C15H10ClNO3.C2HF3O2/c16-10-4-5-13-12(7-10)14(8-15(18)20-13)19-9-11-3-1-2-6-17-11;3-2(4,5)1(6)7/h1-8H,9H2;(H,6,7). The SMILES string of the molecule is O=C(O)C(F)(F)F.O=c1cc(OCc2ccccn2)c2cc(Cl)ccc2o1. The number of ether oxygens (including phenoxy) is 1. The Balaban J connectivity index is 0.000000321. The van der Waals surface area contributed by atoms with Gasteiger partial charge in [0, 0.05) is 11.2 Å². The van der Waals surface area contributed by atoms with E-state index in [1.54, 1.807) is 24.4 Å². The third kappa shape index (κ3) is 6.00. The minimum absolute atomic E-state index is 0.270. The summed E-state index contributed by atoms with van der Waals surface area (Å²) < 4.78 is 42.5. The molecular weight excluding hydrogens is 391 g/mol. The van der Waals surface area contributed by atoms with Gasteiger partial charge < -0.3 is 14.3 Å². The molecule has 3 aromatic rings. The minimum Gasteiger partial charge on any atom is -0.486 e. The Labute approximate surface area is 154 Å². The van der Waals surface area contributed by atoms with Gasteiger partial charge in [-0.3, -0.25) is 4.98 Å². The number of pyridine rings is 1. The molecule has 0 aliphatic rings. The maximum absolute atomic E-state index is 11.5. The first-order valence-electron chi connectivity index (χ1n) is 7.23. The Kier molecular flexibility index (Phi) is 6.40. The number of aromatic nitrogens is 1. The van der Waals surface area contributed by atoms with E-state index in [-0.39, 0.29) is 6.61 Å². The van der Waals surface area contributed by atoms with Crippen LogP contribution < -0.4 is 10.4 Å². The van der Waals surface area contributed by atoms with Crippen molar-refractivity contribution in [2.24, 2.45) is 0 Å². The predicted molar refractivity (Wildman–Crippen MR) is 89.8 cm³/mol. The average molecular weight is 402 g/mol. The van der Waals surface area contributed by atoms with Gasteiger partial charge in [0.15, 0.2) is 0 Å². The highest BCUT2D eigenvalue weighted by atomic mass is 35.5. The number of benzene rings is 1. The van der Waals surface area contributed by atoms with Crippen molar-refractivity contribution < 1.29 is 32.2 Å². The van der Waals surface area contributed by atoms with Gasteiger partial charge in [0.2, 0.25) is 0 Å². The zero-order chi connectivity index (χ0) is 20.0. The summed E-state index contributed by atoms with van der Waals surface area (Å²) in [6.07, 6.45) is -3.40. The molecule has 1 aromatic carbocycles. The second kappa shape index (κ2) is 8.54. The Morgan fingerprint density at radius 1 is 1.22 bits per heavy atom. The highest BCUT2D eigenvalue weighted by molar-refractivity contribution is 6.31. The van der Waals surface area contributed by atoms with E-state index in [1.807, 2.05) is 18.2 Å². The zero-order valence-corrected chi connectivity index (χ0v) is 14.1. The van der Waals surface area contributed by atoms with Crippen LogP contribution in [-0.4, -0.2) is 22.2 Å². The van der Waals surface area contributed by atoms with Crippen LogP contribution in [0.5, 0.6) is 5.75 Å². The van der Waals surface area contributed by atoms with Gasteiger partial charge in [-0.05, 0) is 30.3 Å². The molecule has 0 aliphatic carbocycles. The second-order valence-electron chi connectivity index (χ2n) is 4.98. The van der Waals surface area contributed by atoms with Crippen molar-refractivity contribution in [2.45, 2.75) is 12.8 Å². The molecule has 0 amide bonds. The van der Waals surface area contributed by atoms with Crippen molar-refractivity contribution in [3.05, 3.63) is 69.8 Å². The molecule has 0 aliphatic heterocycles. The summed E-state index contributed by atoms with van der Waals surface area (Å²) in [7, 11) is 0. The van der Waals surface area contributed by atoms with Gasteiger partial charge in [0.1, 0.15) is 17.9 Å². The van der Waals surface area contributed by atoms with Crippen LogP contribution in [0.25, 0.3) is 11.0 Å². The quantitative estimate of drug-likeness (QED) is 0.666. The Morgan fingerprint density at radius 3 is 2.52 bits per heavy atom. The summed E-state index contributed by atoms with van der Waals surface area (Å²) in [5.41, 5.74) is 0.754. The van der Waals surface area contributed by atoms with E-state index in [2.05, 4.69) is 4.98 Å². The number of fused-ring (bicyclic) bond motifs is 1. The van der Waals surface area contributed by atoms with Crippen LogP contribution in [0.2, 0.25) is 5.02 Å². The van der Waals surface area contributed by atoms with Crippen LogP contribution >= 0.6 is 11.6 Å². The van der Waals surface area contributed by atoms with Gasteiger partial charge in [-0.2, -0.15) is 13.2 Å². The summed E-state index contributed by atoms with van der Waals surface area (Å²) in [5.74, 6) is -2.32. The molecular formula is C17H11ClF3NO5. The van der Waals surface area contributed by atoms with Crippen LogP contribution in [0.3, 0.4) is 0 Å². The molecule has 2 heterocycles. The Bertz CT molecular complexity index is 989. The molecule has 0 spiro atoms. The van der Waals surface area contributed by atoms with Crippen LogP contribution in [-0.2, 0) is 11.4 Å². The van der Waals surface area contributed by atoms with Crippen LogP contribution in [0, 0.1) is 0 Å². The average Bonchev–Trinajstić information content (AvgIpc) is 2.60. The molecule has 1 N–H and O–H groups in total.